The van der Waals surface area contributed by atoms with E-state index in [9.17, 15) is 8.42 Å². The first-order chi connectivity index (χ1) is 9.44. The van der Waals surface area contributed by atoms with Crippen LogP contribution in [-0.4, -0.2) is 18.5 Å². The van der Waals surface area contributed by atoms with Gasteiger partial charge in [0.1, 0.15) is 9.90 Å². The lowest BCUT2D eigenvalue weighted by atomic mass is 10.4. The van der Waals surface area contributed by atoms with E-state index in [1.165, 1.54) is 11.3 Å². The van der Waals surface area contributed by atoms with Crippen molar-refractivity contribution in [2.75, 3.05) is 16.8 Å². The summed E-state index contributed by atoms with van der Waals surface area (Å²) in [6, 6.07) is 3.70. The summed E-state index contributed by atoms with van der Waals surface area (Å²) in [5.74, 6) is 0.130. The van der Waals surface area contributed by atoms with Crippen molar-refractivity contribution in [2.45, 2.75) is 24.8 Å². The number of rotatable bonds is 6. The van der Waals surface area contributed by atoms with Gasteiger partial charge in [-0.2, -0.15) is 4.37 Å². The molecule has 0 unspecified atom stereocenters. The molecule has 2 aromatic rings. The maximum absolute atomic E-state index is 12.2. The molecule has 0 amide bonds. The summed E-state index contributed by atoms with van der Waals surface area (Å²) >= 11 is 8.36. The number of anilines is 2. The molecule has 2 aromatic heterocycles. The average Bonchev–Trinajstić information content (AvgIpc) is 2.93. The van der Waals surface area contributed by atoms with Gasteiger partial charge in [0, 0.05) is 4.88 Å². The largest absolute Gasteiger partial charge is 0.382 e. The Hall–Kier alpha value is -0.830. The van der Waals surface area contributed by atoms with E-state index in [2.05, 4.69) is 9.69 Å². The van der Waals surface area contributed by atoms with Crippen molar-refractivity contribution < 1.29 is 8.42 Å². The van der Waals surface area contributed by atoms with E-state index in [0.717, 1.165) is 16.4 Å². The molecule has 9 heteroatoms. The maximum Gasteiger partial charge on any atom is 0.185 e. The molecule has 0 aromatic carbocycles. The van der Waals surface area contributed by atoms with E-state index in [4.69, 9.17) is 17.3 Å². The van der Waals surface area contributed by atoms with Gasteiger partial charge in [0.15, 0.2) is 15.7 Å². The Bertz CT molecular complexity index is 694. The quantitative estimate of drug-likeness (QED) is 0.834. The summed E-state index contributed by atoms with van der Waals surface area (Å²) < 4.78 is 29.0. The minimum absolute atomic E-state index is 0.0646. The van der Waals surface area contributed by atoms with Crippen molar-refractivity contribution in [3.8, 4) is 0 Å². The van der Waals surface area contributed by atoms with Gasteiger partial charge in [0.2, 0.25) is 0 Å². The summed E-state index contributed by atoms with van der Waals surface area (Å²) in [5, 5.41) is 3.56. The highest BCUT2D eigenvalue weighted by molar-refractivity contribution is 7.91. The van der Waals surface area contributed by atoms with Crippen LogP contribution in [0.5, 0.6) is 0 Å². The minimum Gasteiger partial charge on any atom is -0.382 e. The number of nitrogens with zero attached hydrogens (tertiary/aromatic N) is 1. The van der Waals surface area contributed by atoms with Crippen molar-refractivity contribution in [1.29, 1.82) is 0 Å². The molecule has 0 saturated carbocycles. The van der Waals surface area contributed by atoms with Gasteiger partial charge in [0.25, 0.3) is 0 Å². The zero-order chi connectivity index (χ0) is 14.8. The van der Waals surface area contributed by atoms with Crippen LogP contribution in [0.1, 0.15) is 18.2 Å². The predicted molar refractivity (Wildman–Crippen MR) is 85.5 cm³/mol. The molecule has 5 nitrogen and oxygen atoms in total. The number of halogens is 1. The standard InChI is InChI=1S/C11H14ClN3O2S3/c1-2-5-20(16,17)9-10(13)15-19-11(9)14-6-7-3-4-8(12)18-7/h3-4,14H,2,5-6H2,1H3,(H2,13,15). The average molecular weight is 352 g/mol. The molecule has 0 atom stereocenters. The molecule has 0 aliphatic heterocycles. The molecule has 0 bridgehead atoms. The molecular formula is C11H14ClN3O2S3. The summed E-state index contributed by atoms with van der Waals surface area (Å²) in [7, 11) is -3.39. The zero-order valence-corrected chi connectivity index (χ0v) is 13.9. The second-order valence-corrected chi connectivity index (χ2v) is 8.72. The highest BCUT2D eigenvalue weighted by atomic mass is 35.5. The number of aromatic nitrogens is 1. The summed E-state index contributed by atoms with van der Waals surface area (Å²) in [4.78, 5) is 1.13. The van der Waals surface area contributed by atoms with E-state index in [0.29, 0.717) is 22.3 Å². The monoisotopic (exact) mass is 351 g/mol. The number of nitrogens with two attached hydrogens (primary N) is 1. The van der Waals surface area contributed by atoms with Crippen LogP contribution in [0.3, 0.4) is 0 Å². The fourth-order valence-electron chi connectivity index (χ4n) is 1.69. The first-order valence-corrected chi connectivity index (χ1v) is 9.52. The molecule has 0 radical (unpaired) electrons. The van der Waals surface area contributed by atoms with Gasteiger partial charge in [-0.15, -0.1) is 11.3 Å². The lowest BCUT2D eigenvalue weighted by molar-refractivity contribution is 0.595. The maximum atomic E-state index is 12.2. The van der Waals surface area contributed by atoms with E-state index in [1.54, 1.807) is 6.07 Å². The smallest absolute Gasteiger partial charge is 0.185 e. The second kappa shape index (κ2) is 6.30. The third-order valence-corrected chi connectivity index (χ3v) is 6.67. The molecule has 0 aliphatic carbocycles. The number of sulfone groups is 1. The number of hydrogen-bond acceptors (Lipinski definition) is 7. The Morgan fingerprint density at radius 2 is 2.20 bits per heavy atom. The fourth-order valence-corrected chi connectivity index (χ4v) is 5.34. The van der Waals surface area contributed by atoms with Crippen LogP contribution < -0.4 is 11.1 Å². The number of nitrogen functional groups attached to an aromatic ring is 1. The molecule has 0 saturated heterocycles. The summed E-state index contributed by atoms with van der Waals surface area (Å²) in [5.41, 5.74) is 5.69. The molecule has 0 spiro atoms. The first kappa shape index (κ1) is 15.6. The van der Waals surface area contributed by atoms with Gasteiger partial charge in [0.05, 0.1) is 16.6 Å². The Kier molecular flexibility index (Phi) is 4.90. The van der Waals surface area contributed by atoms with Crippen LogP contribution in [-0.2, 0) is 16.4 Å². The molecule has 3 N–H and O–H groups in total. The van der Waals surface area contributed by atoms with Crippen molar-refractivity contribution >= 4 is 55.1 Å². The Morgan fingerprint density at radius 3 is 2.80 bits per heavy atom. The zero-order valence-electron chi connectivity index (χ0n) is 10.7. The van der Waals surface area contributed by atoms with Crippen LogP contribution in [0.15, 0.2) is 17.0 Å². The van der Waals surface area contributed by atoms with Crippen LogP contribution in [0.25, 0.3) is 0 Å². The third kappa shape index (κ3) is 3.43. The SMILES string of the molecule is CCCS(=O)(=O)c1c(N)nsc1NCc1ccc(Cl)s1. The molecule has 2 rings (SSSR count). The van der Waals surface area contributed by atoms with Gasteiger partial charge < -0.3 is 11.1 Å². The minimum atomic E-state index is -3.39. The Morgan fingerprint density at radius 1 is 1.45 bits per heavy atom. The highest BCUT2D eigenvalue weighted by Crippen LogP contribution is 2.33. The number of nitrogens with one attached hydrogen (secondary N) is 1. The van der Waals surface area contributed by atoms with E-state index in [1.807, 2.05) is 13.0 Å². The lowest BCUT2D eigenvalue weighted by Crippen LogP contribution is -2.10. The van der Waals surface area contributed by atoms with Crippen LogP contribution in [0, 0.1) is 0 Å². The third-order valence-electron chi connectivity index (χ3n) is 2.51. The number of hydrogen-bond donors (Lipinski definition) is 2. The van der Waals surface area contributed by atoms with Crippen molar-refractivity contribution in [2.24, 2.45) is 0 Å². The Labute approximate surface area is 130 Å². The van der Waals surface area contributed by atoms with Crippen LogP contribution in [0.4, 0.5) is 10.8 Å². The van der Waals surface area contributed by atoms with Crippen LogP contribution >= 0.6 is 34.5 Å². The lowest BCUT2D eigenvalue weighted by Gasteiger charge is -2.06. The van der Waals surface area contributed by atoms with Gasteiger partial charge in [-0.05, 0) is 30.1 Å². The molecule has 110 valence electrons. The predicted octanol–water partition coefficient (Wildman–Crippen LogP) is 3.24. The van der Waals surface area contributed by atoms with Gasteiger partial charge in [-0.25, -0.2) is 8.42 Å². The van der Waals surface area contributed by atoms with E-state index in [-0.39, 0.29) is 16.5 Å². The van der Waals surface area contributed by atoms with E-state index < -0.39 is 9.84 Å². The van der Waals surface area contributed by atoms with Crippen molar-refractivity contribution in [3.63, 3.8) is 0 Å². The normalized spacial score (nSPS) is 11.7. The fraction of sp³-hybridized carbons (Fsp3) is 0.364. The molecular weight excluding hydrogens is 338 g/mol. The van der Waals surface area contributed by atoms with Crippen molar-refractivity contribution in [3.05, 3.63) is 21.3 Å². The Balaban J connectivity index is 2.21. The summed E-state index contributed by atoms with van der Waals surface area (Å²) in [6.45, 7) is 2.31. The topological polar surface area (TPSA) is 85.1 Å². The molecule has 0 fully saturated rings. The van der Waals surface area contributed by atoms with E-state index >= 15 is 0 Å². The van der Waals surface area contributed by atoms with Gasteiger partial charge >= 0.3 is 0 Å². The number of thiophene rings is 1. The van der Waals surface area contributed by atoms with Gasteiger partial charge in [-0.1, -0.05) is 18.5 Å². The first-order valence-electron chi connectivity index (χ1n) is 5.90. The van der Waals surface area contributed by atoms with Crippen LogP contribution in [0.2, 0.25) is 4.34 Å². The van der Waals surface area contributed by atoms with Gasteiger partial charge in [-0.3, -0.25) is 0 Å². The molecule has 0 aliphatic rings. The molecule has 2 heterocycles. The van der Waals surface area contributed by atoms with Crippen molar-refractivity contribution in [1.82, 2.24) is 4.37 Å². The molecule has 20 heavy (non-hydrogen) atoms. The summed E-state index contributed by atoms with van der Waals surface area (Å²) in [6.07, 6.45) is 0.539. The second-order valence-electron chi connectivity index (χ2n) is 4.10. The highest BCUT2D eigenvalue weighted by Gasteiger charge is 2.24.